The standard InChI is InChI=1S/C16H21N3O2/c1-2-5-15(17)14-9-11-18(12-14)10-8-13-6-3-4-7-16(13)19(20)21/h3-4,6-7,9,11-12,15H,2,5,8,10,17H2,1H3. The lowest BCUT2D eigenvalue weighted by Gasteiger charge is -2.08. The van der Waals surface area contributed by atoms with Gasteiger partial charge >= 0.3 is 0 Å². The van der Waals surface area contributed by atoms with E-state index in [1.807, 2.05) is 35.2 Å². The first kappa shape index (κ1) is 15.3. The number of nitro benzene ring substituents is 1. The van der Waals surface area contributed by atoms with Crippen molar-refractivity contribution < 1.29 is 4.92 Å². The van der Waals surface area contributed by atoms with E-state index in [-0.39, 0.29) is 16.7 Å². The van der Waals surface area contributed by atoms with Crippen LogP contribution in [0.15, 0.2) is 42.7 Å². The third-order valence-electron chi connectivity index (χ3n) is 3.63. The predicted molar refractivity (Wildman–Crippen MR) is 83.1 cm³/mol. The number of rotatable bonds is 7. The van der Waals surface area contributed by atoms with Gasteiger partial charge in [0.1, 0.15) is 0 Å². The Bertz CT molecular complexity index is 607. The lowest BCUT2D eigenvalue weighted by Crippen LogP contribution is -2.09. The Labute approximate surface area is 124 Å². The minimum absolute atomic E-state index is 0.0716. The Hall–Kier alpha value is -2.14. The zero-order valence-electron chi connectivity index (χ0n) is 12.2. The Morgan fingerprint density at radius 3 is 2.81 bits per heavy atom. The second-order valence-corrected chi connectivity index (χ2v) is 5.21. The van der Waals surface area contributed by atoms with E-state index in [1.165, 1.54) is 0 Å². The lowest BCUT2D eigenvalue weighted by atomic mass is 10.1. The van der Waals surface area contributed by atoms with Gasteiger partial charge in [0.05, 0.1) is 4.92 Å². The average molecular weight is 287 g/mol. The van der Waals surface area contributed by atoms with Crippen molar-refractivity contribution >= 4 is 5.69 Å². The van der Waals surface area contributed by atoms with Gasteiger partial charge in [-0.2, -0.15) is 0 Å². The summed E-state index contributed by atoms with van der Waals surface area (Å²) in [6.07, 6.45) is 6.68. The lowest BCUT2D eigenvalue weighted by molar-refractivity contribution is -0.385. The summed E-state index contributed by atoms with van der Waals surface area (Å²) in [5, 5.41) is 11.0. The number of hydrogen-bond acceptors (Lipinski definition) is 3. The highest BCUT2D eigenvalue weighted by molar-refractivity contribution is 5.39. The maximum atomic E-state index is 11.0. The van der Waals surface area contributed by atoms with Crippen molar-refractivity contribution in [3.8, 4) is 0 Å². The molecule has 5 nitrogen and oxygen atoms in total. The van der Waals surface area contributed by atoms with Gasteiger partial charge in [-0.1, -0.05) is 31.5 Å². The summed E-state index contributed by atoms with van der Waals surface area (Å²) in [7, 11) is 0. The number of hydrogen-bond donors (Lipinski definition) is 1. The molecular weight excluding hydrogens is 266 g/mol. The molecule has 1 unspecified atom stereocenters. The van der Waals surface area contributed by atoms with Crippen molar-refractivity contribution in [1.29, 1.82) is 0 Å². The number of nitro groups is 1. The molecule has 0 bridgehead atoms. The number of nitrogens with two attached hydrogens (primary N) is 1. The van der Waals surface area contributed by atoms with Crippen molar-refractivity contribution in [2.75, 3.05) is 0 Å². The van der Waals surface area contributed by atoms with E-state index in [0.717, 1.165) is 24.0 Å². The van der Waals surface area contributed by atoms with Gasteiger partial charge < -0.3 is 10.3 Å². The summed E-state index contributed by atoms with van der Waals surface area (Å²) in [6, 6.07) is 8.99. The quantitative estimate of drug-likeness (QED) is 0.626. The molecule has 2 aromatic rings. The fraction of sp³-hybridized carbons (Fsp3) is 0.375. The first-order valence-electron chi connectivity index (χ1n) is 7.25. The molecule has 0 aliphatic heterocycles. The molecule has 1 heterocycles. The monoisotopic (exact) mass is 287 g/mol. The Balaban J connectivity index is 2.02. The van der Waals surface area contributed by atoms with Crippen LogP contribution in [0.4, 0.5) is 5.69 Å². The molecule has 112 valence electrons. The van der Waals surface area contributed by atoms with Gasteiger partial charge in [0.25, 0.3) is 5.69 Å². The van der Waals surface area contributed by atoms with Gasteiger partial charge in [0, 0.05) is 36.6 Å². The number of aromatic nitrogens is 1. The van der Waals surface area contributed by atoms with Crippen molar-refractivity contribution in [1.82, 2.24) is 4.57 Å². The average Bonchev–Trinajstić information content (AvgIpc) is 2.94. The van der Waals surface area contributed by atoms with E-state index in [2.05, 4.69) is 6.92 Å². The van der Waals surface area contributed by atoms with Crippen molar-refractivity contribution in [3.05, 3.63) is 64.0 Å². The SMILES string of the molecule is CCCC(N)c1ccn(CCc2ccccc2[N+](=O)[O-])c1. The second kappa shape index (κ2) is 7.04. The second-order valence-electron chi connectivity index (χ2n) is 5.21. The van der Waals surface area contributed by atoms with Crippen LogP contribution in [0, 0.1) is 10.1 Å². The van der Waals surface area contributed by atoms with Crippen LogP contribution in [-0.4, -0.2) is 9.49 Å². The molecule has 0 saturated carbocycles. The molecule has 2 N–H and O–H groups in total. The number of aryl methyl sites for hydroxylation is 2. The van der Waals surface area contributed by atoms with Crippen LogP contribution in [-0.2, 0) is 13.0 Å². The fourth-order valence-electron chi connectivity index (χ4n) is 2.45. The van der Waals surface area contributed by atoms with Crippen LogP contribution in [0.3, 0.4) is 0 Å². The summed E-state index contributed by atoms with van der Waals surface area (Å²) in [5.74, 6) is 0. The van der Waals surface area contributed by atoms with Crippen molar-refractivity contribution in [2.24, 2.45) is 5.73 Å². The summed E-state index contributed by atoms with van der Waals surface area (Å²) in [6.45, 7) is 2.83. The molecule has 1 atom stereocenters. The molecule has 0 fully saturated rings. The first-order chi connectivity index (χ1) is 10.1. The van der Waals surface area contributed by atoms with Gasteiger partial charge in [0.15, 0.2) is 0 Å². The van der Waals surface area contributed by atoms with Gasteiger partial charge in [0.2, 0.25) is 0 Å². The number of benzene rings is 1. The van der Waals surface area contributed by atoms with Crippen LogP contribution in [0.1, 0.15) is 36.9 Å². The molecule has 0 saturated heterocycles. The summed E-state index contributed by atoms with van der Waals surface area (Å²) < 4.78 is 2.04. The molecule has 2 rings (SSSR count). The van der Waals surface area contributed by atoms with E-state index < -0.39 is 0 Å². The largest absolute Gasteiger partial charge is 0.354 e. The topological polar surface area (TPSA) is 74.1 Å². The van der Waals surface area contributed by atoms with Gasteiger partial charge in [-0.25, -0.2) is 0 Å². The Morgan fingerprint density at radius 2 is 2.10 bits per heavy atom. The summed E-state index contributed by atoms with van der Waals surface area (Å²) >= 11 is 0. The maximum Gasteiger partial charge on any atom is 0.272 e. The van der Waals surface area contributed by atoms with Crippen LogP contribution in [0.5, 0.6) is 0 Å². The smallest absolute Gasteiger partial charge is 0.272 e. The van der Waals surface area contributed by atoms with E-state index in [9.17, 15) is 10.1 Å². The Kier molecular flexibility index (Phi) is 5.11. The fourth-order valence-corrected chi connectivity index (χ4v) is 2.45. The zero-order valence-corrected chi connectivity index (χ0v) is 12.2. The molecule has 0 amide bonds. The van der Waals surface area contributed by atoms with E-state index in [0.29, 0.717) is 13.0 Å². The third-order valence-corrected chi connectivity index (χ3v) is 3.63. The predicted octanol–water partition coefficient (Wildman–Crippen LogP) is 3.44. The highest BCUT2D eigenvalue weighted by Gasteiger charge is 2.12. The molecule has 0 spiro atoms. The maximum absolute atomic E-state index is 11.0. The van der Waals surface area contributed by atoms with Crippen molar-refractivity contribution in [2.45, 2.75) is 38.8 Å². The summed E-state index contributed by atoms with van der Waals surface area (Å²) in [5.41, 5.74) is 8.16. The molecule has 1 aromatic heterocycles. The molecule has 0 radical (unpaired) electrons. The highest BCUT2D eigenvalue weighted by atomic mass is 16.6. The first-order valence-corrected chi connectivity index (χ1v) is 7.25. The Morgan fingerprint density at radius 1 is 1.33 bits per heavy atom. The van der Waals surface area contributed by atoms with Crippen molar-refractivity contribution in [3.63, 3.8) is 0 Å². The molecule has 0 aliphatic carbocycles. The van der Waals surface area contributed by atoms with E-state index in [4.69, 9.17) is 5.73 Å². The molecule has 1 aromatic carbocycles. The van der Waals surface area contributed by atoms with Crippen LogP contribution in [0.25, 0.3) is 0 Å². The molecule has 21 heavy (non-hydrogen) atoms. The minimum Gasteiger partial charge on any atom is -0.354 e. The molecule has 5 heteroatoms. The minimum atomic E-state index is -0.326. The van der Waals surface area contributed by atoms with Gasteiger partial charge in [-0.3, -0.25) is 10.1 Å². The van der Waals surface area contributed by atoms with Crippen LogP contribution in [0.2, 0.25) is 0 Å². The van der Waals surface area contributed by atoms with Gasteiger partial charge in [-0.05, 0) is 24.5 Å². The van der Waals surface area contributed by atoms with E-state index in [1.54, 1.807) is 12.1 Å². The summed E-state index contributed by atoms with van der Waals surface area (Å²) in [4.78, 5) is 10.7. The zero-order chi connectivity index (χ0) is 15.2. The molecule has 0 aliphatic rings. The number of nitrogens with zero attached hydrogens (tertiary/aromatic N) is 2. The van der Waals surface area contributed by atoms with Crippen LogP contribution >= 0.6 is 0 Å². The number of para-hydroxylation sites is 1. The normalized spacial score (nSPS) is 12.3. The van der Waals surface area contributed by atoms with Gasteiger partial charge in [-0.15, -0.1) is 0 Å². The van der Waals surface area contributed by atoms with E-state index >= 15 is 0 Å². The highest BCUT2D eigenvalue weighted by Crippen LogP contribution is 2.20. The third kappa shape index (κ3) is 3.92. The van der Waals surface area contributed by atoms with Crippen LogP contribution < -0.4 is 5.73 Å². The molecular formula is C16H21N3O2.